The van der Waals surface area contributed by atoms with Gasteiger partial charge in [0, 0.05) is 18.5 Å². The summed E-state index contributed by atoms with van der Waals surface area (Å²) in [7, 11) is 0. The van der Waals surface area contributed by atoms with Gasteiger partial charge in [-0.25, -0.2) is 9.82 Å². The molecular formula is C16H20FN3O2. The second-order valence-electron chi connectivity index (χ2n) is 5.34. The molecule has 1 aliphatic rings. The summed E-state index contributed by atoms with van der Waals surface area (Å²) in [4.78, 5) is 25.3. The number of amides is 2. The minimum absolute atomic E-state index is 0.00227. The van der Waals surface area contributed by atoms with Gasteiger partial charge in [0.15, 0.2) is 0 Å². The standard InChI is InChI=1S/C16H20FN3O2/c1-12(13-7-4-5-8-14(13)17)18-19-15(21)11-20-10-6-2-3-9-16(20)22/h4-5,7-8H,2-3,6,9-11H2,1H3,(H,19,21)/b18-12-. The van der Waals surface area contributed by atoms with Crippen molar-refractivity contribution in [3.05, 3.63) is 35.6 Å². The van der Waals surface area contributed by atoms with E-state index in [0.29, 0.717) is 24.2 Å². The monoisotopic (exact) mass is 305 g/mol. The Morgan fingerprint density at radius 3 is 2.86 bits per heavy atom. The van der Waals surface area contributed by atoms with Crippen molar-refractivity contribution in [2.24, 2.45) is 5.10 Å². The Kier molecular flexibility index (Phi) is 5.63. The van der Waals surface area contributed by atoms with Gasteiger partial charge in [-0.3, -0.25) is 9.59 Å². The normalized spacial score (nSPS) is 16.4. The van der Waals surface area contributed by atoms with E-state index in [1.54, 1.807) is 30.0 Å². The van der Waals surface area contributed by atoms with Crippen molar-refractivity contribution in [3.8, 4) is 0 Å². The van der Waals surface area contributed by atoms with Crippen molar-refractivity contribution in [2.75, 3.05) is 13.1 Å². The lowest BCUT2D eigenvalue weighted by atomic mass is 10.1. The molecule has 1 aromatic rings. The number of nitrogens with one attached hydrogen (secondary N) is 1. The first-order chi connectivity index (χ1) is 10.6. The molecule has 2 amide bonds. The third-order valence-electron chi connectivity index (χ3n) is 3.62. The molecule has 0 aliphatic carbocycles. The molecule has 2 rings (SSSR count). The van der Waals surface area contributed by atoms with Gasteiger partial charge in [0.05, 0.1) is 5.71 Å². The zero-order chi connectivity index (χ0) is 15.9. The number of hydrogen-bond donors (Lipinski definition) is 1. The fraction of sp³-hybridized carbons (Fsp3) is 0.438. The van der Waals surface area contributed by atoms with Crippen molar-refractivity contribution in [2.45, 2.75) is 32.6 Å². The molecule has 118 valence electrons. The van der Waals surface area contributed by atoms with Crippen LogP contribution in [0.25, 0.3) is 0 Å². The molecule has 1 N–H and O–H groups in total. The van der Waals surface area contributed by atoms with Crippen LogP contribution in [0.15, 0.2) is 29.4 Å². The van der Waals surface area contributed by atoms with Gasteiger partial charge in [0.25, 0.3) is 5.91 Å². The first-order valence-electron chi connectivity index (χ1n) is 7.43. The lowest BCUT2D eigenvalue weighted by Gasteiger charge is -2.19. The maximum absolute atomic E-state index is 13.6. The number of hydrogen-bond acceptors (Lipinski definition) is 3. The average Bonchev–Trinajstić information content (AvgIpc) is 2.70. The predicted octanol–water partition coefficient (Wildman–Crippen LogP) is 2.07. The molecule has 5 nitrogen and oxygen atoms in total. The molecule has 0 atom stereocenters. The van der Waals surface area contributed by atoms with Gasteiger partial charge in [0.2, 0.25) is 5.91 Å². The Morgan fingerprint density at radius 2 is 2.09 bits per heavy atom. The summed E-state index contributed by atoms with van der Waals surface area (Å²) in [5.74, 6) is -0.755. The zero-order valence-corrected chi connectivity index (χ0v) is 12.6. The molecule has 22 heavy (non-hydrogen) atoms. The maximum atomic E-state index is 13.6. The van der Waals surface area contributed by atoms with E-state index in [9.17, 15) is 14.0 Å². The molecule has 0 aromatic heterocycles. The highest BCUT2D eigenvalue weighted by atomic mass is 19.1. The van der Waals surface area contributed by atoms with Crippen molar-refractivity contribution < 1.29 is 14.0 Å². The maximum Gasteiger partial charge on any atom is 0.259 e. The molecule has 0 saturated carbocycles. The summed E-state index contributed by atoms with van der Waals surface area (Å²) in [6, 6.07) is 6.23. The second-order valence-corrected chi connectivity index (χ2v) is 5.34. The molecule has 0 bridgehead atoms. The largest absolute Gasteiger partial charge is 0.333 e. The number of halogens is 1. The van der Waals surface area contributed by atoms with Crippen molar-refractivity contribution in [1.82, 2.24) is 10.3 Å². The molecule has 1 heterocycles. The van der Waals surface area contributed by atoms with Crippen LogP contribution in [0.2, 0.25) is 0 Å². The minimum atomic E-state index is -0.388. The minimum Gasteiger partial charge on any atom is -0.333 e. The van der Waals surface area contributed by atoms with E-state index in [-0.39, 0.29) is 24.2 Å². The Hall–Kier alpha value is -2.24. The molecular weight excluding hydrogens is 285 g/mol. The number of nitrogens with zero attached hydrogens (tertiary/aromatic N) is 2. The van der Waals surface area contributed by atoms with Gasteiger partial charge in [-0.2, -0.15) is 5.10 Å². The third-order valence-corrected chi connectivity index (χ3v) is 3.62. The van der Waals surface area contributed by atoms with E-state index < -0.39 is 0 Å². The summed E-state index contributed by atoms with van der Waals surface area (Å²) in [5.41, 5.74) is 3.11. The van der Waals surface area contributed by atoms with Gasteiger partial charge in [0.1, 0.15) is 12.4 Å². The lowest BCUT2D eigenvalue weighted by molar-refractivity contribution is -0.135. The van der Waals surface area contributed by atoms with Crippen LogP contribution in [0.1, 0.15) is 38.2 Å². The van der Waals surface area contributed by atoms with Crippen molar-refractivity contribution >= 4 is 17.5 Å². The number of carbonyl (C=O) groups is 2. The smallest absolute Gasteiger partial charge is 0.259 e. The molecule has 1 aromatic carbocycles. The first-order valence-corrected chi connectivity index (χ1v) is 7.43. The quantitative estimate of drug-likeness (QED) is 0.684. The molecule has 1 aliphatic heterocycles. The van der Waals surface area contributed by atoms with Gasteiger partial charge in [-0.05, 0) is 25.8 Å². The van der Waals surface area contributed by atoms with E-state index in [1.165, 1.54) is 6.07 Å². The highest BCUT2D eigenvalue weighted by molar-refractivity contribution is 5.99. The average molecular weight is 305 g/mol. The van der Waals surface area contributed by atoms with Crippen LogP contribution in [0.4, 0.5) is 4.39 Å². The molecule has 0 unspecified atom stereocenters. The van der Waals surface area contributed by atoms with Crippen LogP contribution >= 0.6 is 0 Å². The summed E-state index contributed by atoms with van der Waals surface area (Å²) in [6.45, 7) is 2.21. The first kappa shape index (κ1) is 16.1. The summed E-state index contributed by atoms with van der Waals surface area (Å²) < 4.78 is 13.6. The van der Waals surface area contributed by atoms with Crippen LogP contribution in [-0.2, 0) is 9.59 Å². The third kappa shape index (κ3) is 4.38. The van der Waals surface area contributed by atoms with Crippen molar-refractivity contribution in [1.29, 1.82) is 0 Å². The van der Waals surface area contributed by atoms with Gasteiger partial charge in [-0.15, -0.1) is 0 Å². The van der Waals surface area contributed by atoms with Crippen LogP contribution < -0.4 is 5.43 Å². The predicted molar refractivity (Wildman–Crippen MR) is 81.8 cm³/mol. The topological polar surface area (TPSA) is 61.8 Å². The van der Waals surface area contributed by atoms with Crippen molar-refractivity contribution in [3.63, 3.8) is 0 Å². The Balaban J connectivity index is 1.93. The van der Waals surface area contributed by atoms with Crippen LogP contribution in [0.3, 0.4) is 0 Å². The van der Waals surface area contributed by atoms with E-state index >= 15 is 0 Å². The zero-order valence-electron chi connectivity index (χ0n) is 12.6. The van der Waals surface area contributed by atoms with E-state index in [2.05, 4.69) is 10.5 Å². The lowest BCUT2D eigenvalue weighted by Crippen LogP contribution is -2.39. The SMILES string of the molecule is C/C(=N/NC(=O)CN1CCCCCC1=O)c1ccccc1F. The van der Waals surface area contributed by atoms with Gasteiger partial charge < -0.3 is 4.90 Å². The molecule has 0 spiro atoms. The van der Waals surface area contributed by atoms with E-state index in [4.69, 9.17) is 0 Å². The van der Waals surface area contributed by atoms with E-state index in [0.717, 1.165) is 19.3 Å². The fourth-order valence-electron chi connectivity index (χ4n) is 2.38. The molecule has 0 radical (unpaired) electrons. The van der Waals surface area contributed by atoms with Crippen LogP contribution in [-0.4, -0.2) is 35.5 Å². The van der Waals surface area contributed by atoms with Gasteiger partial charge >= 0.3 is 0 Å². The summed E-state index contributed by atoms with van der Waals surface area (Å²) in [5, 5.41) is 3.91. The summed E-state index contributed by atoms with van der Waals surface area (Å²) >= 11 is 0. The molecule has 1 saturated heterocycles. The molecule has 1 fully saturated rings. The Morgan fingerprint density at radius 1 is 1.32 bits per heavy atom. The fourth-order valence-corrected chi connectivity index (χ4v) is 2.38. The van der Waals surface area contributed by atoms with Crippen LogP contribution in [0, 0.1) is 5.82 Å². The summed E-state index contributed by atoms with van der Waals surface area (Å²) in [6.07, 6.45) is 3.29. The van der Waals surface area contributed by atoms with Gasteiger partial charge in [-0.1, -0.05) is 24.6 Å². The van der Waals surface area contributed by atoms with E-state index in [1.807, 2.05) is 0 Å². The highest BCUT2D eigenvalue weighted by Crippen LogP contribution is 2.10. The number of hydrazone groups is 1. The Bertz CT molecular complexity index is 587. The number of benzene rings is 1. The number of likely N-dealkylation sites (tertiary alicyclic amines) is 1. The molecule has 6 heteroatoms. The Labute approximate surface area is 129 Å². The van der Waals surface area contributed by atoms with Crippen LogP contribution in [0.5, 0.6) is 0 Å². The second kappa shape index (κ2) is 7.68. The highest BCUT2D eigenvalue weighted by Gasteiger charge is 2.19. The number of rotatable bonds is 4. The number of carbonyl (C=O) groups excluding carboxylic acids is 2.